The maximum absolute atomic E-state index is 11.6. The Labute approximate surface area is 175 Å². The van der Waals surface area contributed by atoms with E-state index in [4.69, 9.17) is 9.47 Å². The maximum atomic E-state index is 11.6. The number of ether oxygens (including phenoxy) is 2. The first-order valence-corrected chi connectivity index (χ1v) is 10.9. The van der Waals surface area contributed by atoms with E-state index in [1.54, 1.807) is 6.07 Å². The summed E-state index contributed by atoms with van der Waals surface area (Å²) in [5.74, 6) is -0.258. The van der Waals surface area contributed by atoms with Crippen molar-refractivity contribution in [1.29, 1.82) is 0 Å². The molecule has 1 heterocycles. The zero-order chi connectivity index (χ0) is 22.8. The number of amides is 1. The molecule has 1 aliphatic rings. The summed E-state index contributed by atoms with van der Waals surface area (Å²) in [4.78, 5) is 23.0. The molecular weight excluding hydrogens is 396 g/mol. The van der Waals surface area contributed by atoms with E-state index in [2.05, 4.69) is 23.2 Å². The van der Waals surface area contributed by atoms with Crippen LogP contribution >= 0.6 is 0 Å². The Morgan fingerprint density at radius 2 is 1.86 bits per heavy atom. The molecule has 0 saturated heterocycles. The SMILES string of the molecule is C=C.CNS(C)(=O)=O.Cc1c(CCNC(=O)OC(C)(C)C)ccc2c1COC2=O.[HH]. The van der Waals surface area contributed by atoms with Crippen molar-refractivity contribution in [3.63, 3.8) is 0 Å². The van der Waals surface area contributed by atoms with Gasteiger partial charge in [-0.3, -0.25) is 0 Å². The van der Waals surface area contributed by atoms with E-state index < -0.39 is 21.7 Å². The van der Waals surface area contributed by atoms with Gasteiger partial charge in [0, 0.05) is 13.5 Å². The minimum Gasteiger partial charge on any atom is -0.457 e. The third-order valence-corrected chi connectivity index (χ3v) is 4.45. The highest BCUT2D eigenvalue weighted by Gasteiger charge is 2.23. The summed E-state index contributed by atoms with van der Waals surface area (Å²) in [6.45, 7) is 14.3. The van der Waals surface area contributed by atoms with Crippen molar-refractivity contribution in [3.05, 3.63) is 47.5 Å². The van der Waals surface area contributed by atoms with Crippen molar-refractivity contribution >= 4 is 22.1 Å². The average molecular weight is 431 g/mol. The normalized spacial score (nSPS) is 12.4. The highest BCUT2D eigenvalue weighted by Crippen LogP contribution is 2.25. The zero-order valence-electron chi connectivity index (χ0n) is 18.0. The Hall–Kier alpha value is -2.39. The molecule has 1 aromatic carbocycles. The first-order valence-electron chi connectivity index (χ1n) is 8.98. The van der Waals surface area contributed by atoms with E-state index in [9.17, 15) is 18.0 Å². The van der Waals surface area contributed by atoms with Gasteiger partial charge in [0.25, 0.3) is 0 Å². The standard InChI is InChI=1S/C16H21NO4.C2H7NO2S.C2H4.H2/c1-10-11(5-6-12-13(10)9-20-14(12)18)7-8-17-15(19)21-16(2,3)4;1-3-6(2,4)5;1-2;/h5-6H,7-9H2,1-4H3,(H,17,19);3H,1-2H3;1-2H2;1H. The third kappa shape index (κ3) is 10.1. The number of fused-ring (bicyclic) bond motifs is 1. The van der Waals surface area contributed by atoms with Crippen LogP contribution < -0.4 is 10.0 Å². The smallest absolute Gasteiger partial charge is 0.407 e. The Morgan fingerprint density at radius 1 is 1.31 bits per heavy atom. The molecule has 0 bridgehead atoms. The molecule has 2 N–H and O–H groups in total. The van der Waals surface area contributed by atoms with E-state index in [0.29, 0.717) is 25.1 Å². The lowest BCUT2D eigenvalue weighted by molar-refractivity contribution is 0.0520. The van der Waals surface area contributed by atoms with Gasteiger partial charge < -0.3 is 14.8 Å². The Kier molecular flexibility index (Phi) is 10.6. The lowest BCUT2D eigenvalue weighted by Crippen LogP contribution is -2.33. The van der Waals surface area contributed by atoms with Crippen LogP contribution in [0.25, 0.3) is 0 Å². The van der Waals surface area contributed by atoms with E-state index in [1.165, 1.54) is 7.05 Å². The molecule has 0 radical (unpaired) electrons. The molecule has 9 heteroatoms. The van der Waals surface area contributed by atoms with Crippen LogP contribution in [0.15, 0.2) is 25.3 Å². The Morgan fingerprint density at radius 3 is 2.34 bits per heavy atom. The van der Waals surface area contributed by atoms with Gasteiger partial charge in [0.05, 0.1) is 11.8 Å². The van der Waals surface area contributed by atoms with E-state index in [0.717, 1.165) is 22.9 Å². The molecular formula is C20H34N2O6S. The predicted molar refractivity (Wildman–Crippen MR) is 116 cm³/mol. The second-order valence-corrected chi connectivity index (χ2v) is 9.06. The molecule has 1 amide bonds. The lowest BCUT2D eigenvalue weighted by atomic mass is 9.97. The van der Waals surface area contributed by atoms with Gasteiger partial charge in [-0.25, -0.2) is 22.7 Å². The molecule has 1 aliphatic heterocycles. The Bertz CT molecular complexity index is 819. The molecule has 0 atom stereocenters. The van der Waals surface area contributed by atoms with Crippen molar-refractivity contribution in [1.82, 2.24) is 10.0 Å². The fourth-order valence-electron chi connectivity index (χ4n) is 2.28. The van der Waals surface area contributed by atoms with Crippen molar-refractivity contribution in [3.8, 4) is 0 Å². The highest BCUT2D eigenvalue weighted by molar-refractivity contribution is 7.88. The molecule has 0 saturated carbocycles. The summed E-state index contributed by atoms with van der Waals surface area (Å²) in [5.41, 5.74) is 3.27. The van der Waals surface area contributed by atoms with Crippen molar-refractivity contribution in [2.75, 3.05) is 19.8 Å². The van der Waals surface area contributed by atoms with Crippen LogP contribution in [0.4, 0.5) is 4.79 Å². The van der Waals surface area contributed by atoms with E-state index in [1.807, 2.05) is 33.8 Å². The highest BCUT2D eigenvalue weighted by atomic mass is 32.2. The zero-order valence-corrected chi connectivity index (χ0v) is 18.9. The van der Waals surface area contributed by atoms with E-state index in [-0.39, 0.29) is 7.40 Å². The van der Waals surface area contributed by atoms with Crippen LogP contribution in [0.5, 0.6) is 0 Å². The summed E-state index contributed by atoms with van der Waals surface area (Å²) in [6, 6.07) is 3.71. The number of hydrogen-bond acceptors (Lipinski definition) is 6. The summed E-state index contributed by atoms with van der Waals surface area (Å²) < 4.78 is 32.1. The number of esters is 1. The molecule has 29 heavy (non-hydrogen) atoms. The number of benzene rings is 1. The minimum atomic E-state index is -2.91. The number of sulfonamides is 1. The van der Waals surface area contributed by atoms with Crippen LogP contribution in [0.2, 0.25) is 0 Å². The number of carbonyl (C=O) groups excluding carboxylic acids is 2. The van der Waals surface area contributed by atoms with Gasteiger partial charge in [-0.1, -0.05) is 6.07 Å². The first kappa shape index (κ1) is 26.6. The largest absolute Gasteiger partial charge is 0.457 e. The summed E-state index contributed by atoms with van der Waals surface area (Å²) in [5, 5.41) is 2.73. The molecule has 2 rings (SSSR count). The Balaban J connectivity index is 0. The van der Waals surface area contributed by atoms with Gasteiger partial charge >= 0.3 is 12.1 Å². The van der Waals surface area contributed by atoms with Crippen molar-refractivity contribution < 1.29 is 28.9 Å². The van der Waals surface area contributed by atoms with E-state index >= 15 is 0 Å². The number of cyclic esters (lactones) is 1. The third-order valence-electron chi connectivity index (χ3n) is 3.71. The lowest BCUT2D eigenvalue weighted by Gasteiger charge is -2.19. The fourth-order valence-corrected chi connectivity index (χ4v) is 2.28. The van der Waals surface area contributed by atoms with Crippen LogP contribution in [0.1, 0.15) is 49.2 Å². The van der Waals surface area contributed by atoms with Crippen LogP contribution in [-0.4, -0.2) is 45.9 Å². The number of hydrogen-bond donors (Lipinski definition) is 2. The number of rotatable bonds is 4. The molecule has 0 aromatic heterocycles. The molecule has 0 fully saturated rings. The van der Waals surface area contributed by atoms with Gasteiger partial charge in [0.15, 0.2) is 0 Å². The van der Waals surface area contributed by atoms with Gasteiger partial charge in [-0.15, -0.1) is 13.2 Å². The number of alkyl carbamates (subject to hydrolysis) is 1. The van der Waals surface area contributed by atoms with Gasteiger partial charge in [-0.05, 0) is 58.4 Å². The van der Waals surface area contributed by atoms with Gasteiger partial charge in [0.2, 0.25) is 10.0 Å². The molecule has 1 aromatic rings. The molecule has 8 nitrogen and oxygen atoms in total. The van der Waals surface area contributed by atoms with Crippen molar-refractivity contribution in [2.45, 2.75) is 46.3 Å². The van der Waals surface area contributed by atoms with Crippen LogP contribution in [-0.2, 0) is 32.5 Å². The number of carbonyl (C=O) groups is 2. The second kappa shape index (κ2) is 11.6. The molecule has 0 aliphatic carbocycles. The topological polar surface area (TPSA) is 111 Å². The maximum Gasteiger partial charge on any atom is 0.407 e. The summed E-state index contributed by atoms with van der Waals surface area (Å²) >= 11 is 0. The molecule has 0 spiro atoms. The fraction of sp³-hybridized carbons (Fsp3) is 0.500. The minimum absolute atomic E-state index is 0. The quantitative estimate of drug-likeness (QED) is 0.561. The van der Waals surface area contributed by atoms with Crippen LogP contribution in [0.3, 0.4) is 0 Å². The van der Waals surface area contributed by atoms with Gasteiger partial charge in [-0.2, -0.15) is 0 Å². The number of nitrogens with one attached hydrogen (secondary N) is 2. The monoisotopic (exact) mass is 430 g/mol. The summed E-state index contributed by atoms with van der Waals surface area (Å²) in [6.07, 6.45) is 1.37. The first-order chi connectivity index (χ1) is 13.3. The van der Waals surface area contributed by atoms with Crippen LogP contribution in [0, 0.1) is 6.92 Å². The summed E-state index contributed by atoms with van der Waals surface area (Å²) in [7, 11) is -1.54. The van der Waals surface area contributed by atoms with Crippen molar-refractivity contribution in [2.24, 2.45) is 0 Å². The molecule has 166 valence electrons. The average Bonchev–Trinajstić information content (AvgIpc) is 2.99. The second-order valence-electron chi connectivity index (χ2n) is 7.11. The molecule has 0 unspecified atom stereocenters. The predicted octanol–water partition coefficient (Wildman–Crippen LogP) is 2.95. The van der Waals surface area contributed by atoms with Gasteiger partial charge in [0.1, 0.15) is 12.2 Å².